The molecule has 2 amide bonds. The van der Waals surface area contributed by atoms with E-state index < -0.39 is 11.4 Å². The second-order valence-corrected chi connectivity index (χ2v) is 7.44. The van der Waals surface area contributed by atoms with Crippen LogP contribution in [-0.4, -0.2) is 40.4 Å². The maximum Gasteiger partial charge on any atom is 0.317 e. The van der Waals surface area contributed by atoms with Crippen LogP contribution in [0.3, 0.4) is 0 Å². The molecule has 0 bridgehead atoms. The highest BCUT2D eigenvalue weighted by molar-refractivity contribution is 6.00. The summed E-state index contributed by atoms with van der Waals surface area (Å²) in [5, 5.41) is 3.99. The largest absolute Gasteiger partial charge is 0.482 e. The van der Waals surface area contributed by atoms with Crippen molar-refractivity contribution < 1.29 is 18.7 Å². The molecule has 1 spiro atoms. The van der Waals surface area contributed by atoms with E-state index in [0.29, 0.717) is 25.2 Å². The van der Waals surface area contributed by atoms with Crippen molar-refractivity contribution in [1.82, 2.24) is 15.2 Å². The average Bonchev–Trinajstić information content (AvgIpc) is 3.11. The number of ether oxygens (including phenoxy) is 1. The minimum Gasteiger partial charge on any atom is -0.482 e. The van der Waals surface area contributed by atoms with Gasteiger partial charge in [0, 0.05) is 24.3 Å². The molecule has 1 aromatic heterocycles. The summed E-state index contributed by atoms with van der Waals surface area (Å²) < 4.78 is 19.4. The van der Waals surface area contributed by atoms with Crippen LogP contribution in [0, 0.1) is 5.82 Å². The molecule has 2 N–H and O–H groups in total. The maximum atomic E-state index is 13.5. The van der Waals surface area contributed by atoms with Crippen molar-refractivity contribution >= 4 is 22.7 Å². The van der Waals surface area contributed by atoms with Gasteiger partial charge in [0.1, 0.15) is 11.6 Å². The van der Waals surface area contributed by atoms with Gasteiger partial charge in [0.25, 0.3) is 0 Å². The number of amides is 2. The van der Waals surface area contributed by atoms with Crippen molar-refractivity contribution in [3.05, 3.63) is 65.6 Å². The highest BCUT2D eigenvalue weighted by Gasteiger charge is 2.51. The van der Waals surface area contributed by atoms with Gasteiger partial charge in [0.2, 0.25) is 0 Å². The van der Waals surface area contributed by atoms with Gasteiger partial charge in [-0.2, -0.15) is 0 Å². The summed E-state index contributed by atoms with van der Waals surface area (Å²) in [6.07, 6.45) is 2.07. The Balaban J connectivity index is 1.21. The minimum absolute atomic E-state index is 0.0823. The number of fused-ring (bicyclic) bond motifs is 2. The number of likely N-dealkylation sites (tertiary alicyclic amines) is 1. The lowest BCUT2D eigenvalue weighted by molar-refractivity contribution is -0.0598. The summed E-state index contributed by atoms with van der Waals surface area (Å²) in [6.45, 7) is 1.02. The predicted octanol–water partition coefficient (Wildman–Crippen LogP) is 3.24. The van der Waals surface area contributed by atoms with Crippen LogP contribution in [-0.2, 0) is 6.54 Å². The fraction of sp³-hybridized carbons (Fsp3) is 0.238. The first-order valence-corrected chi connectivity index (χ1v) is 9.12. The zero-order chi connectivity index (χ0) is 19.3. The number of carbonyl (C=O) groups is 2. The third-order valence-electron chi connectivity index (χ3n) is 5.36. The Morgan fingerprint density at radius 1 is 1.21 bits per heavy atom. The summed E-state index contributed by atoms with van der Waals surface area (Å²) in [5.41, 5.74) is 1.70. The Bertz CT molecular complexity index is 1100. The van der Waals surface area contributed by atoms with Crippen LogP contribution in [0.15, 0.2) is 48.7 Å². The van der Waals surface area contributed by atoms with Crippen molar-refractivity contribution in [2.75, 3.05) is 13.1 Å². The Hall–Kier alpha value is -3.35. The monoisotopic (exact) mass is 379 g/mol. The summed E-state index contributed by atoms with van der Waals surface area (Å²) >= 11 is 0. The lowest BCUT2D eigenvalue weighted by Gasteiger charge is -2.50. The molecular formula is C21H18FN3O3. The number of halogens is 1. The molecule has 3 aromatic rings. The fourth-order valence-electron chi connectivity index (χ4n) is 3.94. The van der Waals surface area contributed by atoms with E-state index in [1.165, 1.54) is 18.2 Å². The Morgan fingerprint density at radius 3 is 2.93 bits per heavy atom. The number of aromatic amines is 1. The van der Waals surface area contributed by atoms with E-state index in [2.05, 4.69) is 10.3 Å². The second kappa shape index (κ2) is 6.09. The maximum absolute atomic E-state index is 13.5. The third kappa shape index (κ3) is 2.79. The highest BCUT2D eigenvalue weighted by Crippen LogP contribution is 2.39. The number of nitrogens with zero attached hydrogens (tertiary/aromatic N) is 1. The van der Waals surface area contributed by atoms with E-state index in [9.17, 15) is 14.0 Å². The molecule has 3 heterocycles. The molecule has 0 unspecified atom stereocenters. The standard InChI is InChI=1S/C21H18FN3O3/c22-15-2-3-16-18(26)9-21(28-19(16)8-15)11-25(12-21)20(27)24-10-13-1-4-17-14(7-13)5-6-23-17/h1-8,23H,9-12H2,(H,24,27). The molecule has 5 rings (SSSR count). The molecular weight excluding hydrogens is 361 g/mol. The van der Waals surface area contributed by atoms with Crippen LogP contribution in [0.1, 0.15) is 22.3 Å². The van der Waals surface area contributed by atoms with Gasteiger partial charge >= 0.3 is 6.03 Å². The molecule has 0 atom stereocenters. The number of hydrogen-bond acceptors (Lipinski definition) is 3. The van der Waals surface area contributed by atoms with E-state index in [0.717, 1.165) is 16.5 Å². The molecule has 1 saturated heterocycles. The highest BCUT2D eigenvalue weighted by atomic mass is 19.1. The van der Waals surface area contributed by atoms with Gasteiger partial charge < -0.3 is 19.9 Å². The quantitative estimate of drug-likeness (QED) is 0.718. The number of hydrogen-bond donors (Lipinski definition) is 2. The lowest BCUT2D eigenvalue weighted by atomic mass is 9.84. The summed E-state index contributed by atoms with van der Waals surface area (Å²) in [5.74, 6) is -0.269. The van der Waals surface area contributed by atoms with Crippen LogP contribution in [0.2, 0.25) is 0 Å². The SMILES string of the molecule is O=C1CC2(CN(C(=O)NCc3ccc4[nH]ccc4c3)C2)Oc2cc(F)ccc21. The fourth-order valence-corrected chi connectivity index (χ4v) is 3.94. The number of benzene rings is 2. The number of carbonyl (C=O) groups excluding carboxylic acids is 2. The van der Waals surface area contributed by atoms with Crippen molar-refractivity contribution in [3.63, 3.8) is 0 Å². The van der Waals surface area contributed by atoms with Gasteiger partial charge in [-0.1, -0.05) is 6.07 Å². The molecule has 6 nitrogen and oxygen atoms in total. The average molecular weight is 379 g/mol. The lowest BCUT2D eigenvalue weighted by Crippen LogP contribution is -2.69. The topological polar surface area (TPSA) is 74.4 Å². The van der Waals surface area contributed by atoms with Crippen molar-refractivity contribution in [2.24, 2.45) is 0 Å². The van der Waals surface area contributed by atoms with Crippen LogP contribution in [0.5, 0.6) is 5.75 Å². The second-order valence-electron chi connectivity index (χ2n) is 7.44. The van der Waals surface area contributed by atoms with E-state index in [1.807, 2.05) is 30.5 Å². The summed E-state index contributed by atoms with van der Waals surface area (Å²) in [6, 6.07) is 11.7. The molecule has 1 fully saturated rings. The predicted molar refractivity (Wildman–Crippen MR) is 101 cm³/mol. The van der Waals surface area contributed by atoms with Crippen LogP contribution in [0.4, 0.5) is 9.18 Å². The molecule has 0 saturated carbocycles. The van der Waals surface area contributed by atoms with Crippen molar-refractivity contribution in [3.8, 4) is 5.75 Å². The zero-order valence-electron chi connectivity index (χ0n) is 15.0. The minimum atomic E-state index is -0.751. The first-order chi connectivity index (χ1) is 13.5. The molecule has 2 aromatic carbocycles. The van der Waals surface area contributed by atoms with Gasteiger partial charge in [-0.3, -0.25) is 4.79 Å². The Labute approximate surface area is 160 Å². The molecule has 2 aliphatic rings. The van der Waals surface area contributed by atoms with E-state index in [-0.39, 0.29) is 24.0 Å². The van der Waals surface area contributed by atoms with E-state index >= 15 is 0 Å². The van der Waals surface area contributed by atoms with Gasteiger partial charge in [-0.05, 0) is 41.3 Å². The van der Waals surface area contributed by atoms with Crippen LogP contribution < -0.4 is 10.1 Å². The third-order valence-corrected chi connectivity index (χ3v) is 5.36. The van der Waals surface area contributed by atoms with Crippen molar-refractivity contribution in [1.29, 1.82) is 0 Å². The van der Waals surface area contributed by atoms with Gasteiger partial charge in [-0.25, -0.2) is 9.18 Å². The van der Waals surface area contributed by atoms with Gasteiger partial charge in [0.05, 0.1) is 25.1 Å². The van der Waals surface area contributed by atoms with Crippen molar-refractivity contribution in [2.45, 2.75) is 18.6 Å². The molecule has 0 aliphatic carbocycles. The number of aromatic nitrogens is 1. The summed E-state index contributed by atoms with van der Waals surface area (Å²) in [7, 11) is 0. The molecule has 142 valence electrons. The van der Waals surface area contributed by atoms with E-state index in [4.69, 9.17) is 4.74 Å². The normalized spacial score (nSPS) is 17.2. The Morgan fingerprint density at radius 2 is 2.07 bits per heavy atom. The van der Waals surface area contributed by atoms with E-state index in [1.54, 1.807) is 4.90 Å². The molecule has 7 heteroatoms. The number of ketones is 1. The number of Topliss-reactive ketones (excluding diaryl/α,β-unsaturated/α-hetero) is 1. The van der Waals surface area contributed by atoms with Crippen LogP contribution in [0.25, 0.3) is 10.9 Å². The van der Waals surface area contributed by atoms with Gasteiger partial charge in [-0.15, -0.1) is 0 Å². The van der Waals surface area contributed by atoms with Gasteiger partial charge in [0.15, 0.2) is 11.4 Å². The number of rotatable bonds is 2. The summed E-state index contributed by atoms with van der Waals surface area (Å²) in [4.78, 5) is 29.5. The number of nitrogens with one attached hydrogen (secondary N) is 2. The molecule has 2 aliphatic heterocycles. The first-order valence-electron chi connectivity index (χ1n) is 9.12. The number of H-pyrrole nitrogens is 1. The molecule has 0 radical (unpaired) electrons. The zero-order valence-corrected chi connectivity index (χ0v) is 15.0. The number of urea groups is 1. The molecule has 28 heavy (non-hydrogen) atoms. The van der Waals surface area contributed by atoms with Crippen LogP contribution >= 0.6 is 0 Å². The smallest absolute Gasteiger partial charge is 0.317 e. The Kier molecular flexibility index (Phi) is 3.65. The first kappa shape index (κ1) is 16.8.